The average molecular weight is 316 g/mol. The summed E-state index contributed by atoms with van der Waals surface area (Å²) in [5, 5.41) is 0. The summed E-state index contributed by atoms with van der Waals surface area (Å²) in [7, 11) is 1.59. The predicted octanol–water partition coefficient (Wildman–Crippen LogP) is 2.69. The van der Waals surface area contributed by atoms with E-state index in [4.69, 9.17) is 0 Å². The first-order valence-electron chi connectivity index (χ1n) is 7.06. The number of fused-ring (bicyclic) bond motifs is 1. The van der Waals surface area contributed by atoms with Gasteiger partial charge in [-0.2, -0.15) is 13.2 Å². The number of aromatic nitrogens is 2. The van der Waals surface area contributed by atoms with Crippen LogP contribution < -0.4 is 9.80 Å². The molecule has 2 rings (SSSR count). The number of hydrogen-bond donors (Lipinski definition) is 0. The standard InChI is InChI=1S/C14H19F3N4O/c1-5-13(3)12(22)20(4)10-8-18-9(2)19-11(10)21(13)7-6-14(15,16)17/h8H,5-7H2,1-4H3. The lowest BCUT2D eigenvalue weighted by atomic mass is 9.91. The minimum absolute atomic E-state index is 0.253. The van der Waals surface area contributed by atoms with Crippen LogP contribution >= 0.6 is 0 Å². The third-order valence-electron chi connectivity index (χ3n) is 4.16. The highest BCUT2D eigenvalue weighted by Gasteiger charge is 2.47. The van der Waals surface area contributed by atoms with Crippen LogP contribution in [-0.2, 0) is 4.79 Å². The molecule has 22 heavy (non-hydrogen) atoms. The molecule has 8 heteroatoms. The summed E-state index contributed by atoms with van der Waals surface area (Å²) in [6.45, 7) is 4.80. The highest BCUT2D eigenvalue weighted by Crippen LogP contribution is 2.40. The Morgan fingerprint density at radius 1 is 1.36 bits per heavy atom. The molecule has 1 aliphatic rings. The van der Waals surface area contributed by atoms with Crippen LogP contribution in [0.2, 0.25) is 0 Å². The number of alkyl halides is 3. The van der Waals surface area contributed by atoms with E-state index in [1.165, 1.54) is 16.0 Å². The third kappa shape index (κ3) is 2.74. The molecule has 1 atom stereocenters. The molecular weight excluding hydrogens is 297 g/mol. The predicted molar refractivity (Wildman–Crippen MR) is 76.9 cm³/mol. The van der Waals surface area contributed by atoms with E-state index in [1.807, 2.05) is 0 Å². The zero-order chi connectivity index (χ0) is 16.7. The molecule has 0 fully saturated rings. The van der Waals surface area contributed by atoms with Crippen molar-refractivity contribution < 1.29 is 18.0 Å². The van der Waals surface area contributed by atoms with E-state index in [2.05, 4.69) is 9.97 Å². The van der Waals surface area contributed by atoms with Crippen LogP contribution in [0.15, 0.2) is 6.20 Å². The Hall–Kier alpha value is -1.86. The van der Waals surface area contributed by atoms with E-state index in [0.29, 0.717) is 23.8 Å². The molecule has 0 bridgehead atoms. The quantitative estimate of drug-likeness (QED) is 0.860. The van der Waals surface area contributed by atoms with Gasteiger partial charge in [-0.25, -0.2) is 9.97 Å². The Labute approximate surface area is 127 Å². The molecule has 0 spiro atoms. The van der Waals surface area contributed by atoms with Crippen molar-refractivity contribution in [2.45, 2.75) is 45.3 Å². The second kappa shape index (κ2) is 5.40. The first-order chi connectivity index (χ1) is 10.1. The van der Waals surface area contributed by atoms with Gasteiger partial charge < -0.3 is 9.80 Å². The lowest BCUT2D eigenvalue weighted by Crippen LogP contribution is -2.61. The van der Waals surface area contributed by atoms with E-state index in [0.717, 1.165) is 0 Å². The van der Waals surface area contributed by atoms with E-state index in [-0.39, 0.29) is 12.5 Å². The Morgan fingerprint density at radius 3 is 2.55 bits per heavy atom. The van der Waals surface area contributed by atoms with Gasteiger partial charge in [0.15, 0.2) is 5.82 Å². The number of carbonyl (C=O) groups excluding carboxylic acids is 1. The van der Waals surface area contributed by atoms with Crippen molar-refractivity contribution in [1.29, 1.82) is 0 Å². The van der Waals surface area contributed by atoms with Crippen molar-refractivity contribution in [3.63, 3.8) is 0 Å². The van der Waals surface area contributed by atoms with Crippen molar-refractivity contribution >= 4 is 17.4 Å². The van der Waals surface area contributed by atoms with Gasteiger partial charge in [-0.1, -0.05) is 6.92 Å². The van der Waals surface area contributed by atoms with Gasteiger partial charge in [0.05, 0.1) is 12.6 Å². The lowest BCUT2D eigenvalue weighted by Gasteiger charge is -2.47. The number of hydrogen-bond acceptors (Lipinski definition) is 4. The van der Waals surface area contributed by atoms with E-state index < -0.39 is 18.1 Å². The molecule has 0 radical (unpaired) electrons. The smallest absolute Gasteiger partial charge is 0.340 e. The molecule has 0 saturated carbocycles. The Kier molecular flexibility index (Phi) is 4.06. The summed E-state index contributed by atoms with van der Waals surface area (Å²) in [6, 6.07) is 0. The number of rotatable bonds is 3. The second-order valence-electron chi connectivity index (χ2n) is 5.63. The monoisotopic (exact) mass is 316 g/mol. The zero-order valence-electron chi connectivity index (χ0n) is 13.0. The lowest BCUT2D eigenvalue weighted by molar-refractivity contribution is -0.134. The van der Waals surface area contributed by atoms with Gasteiger partial charge in [0.25, 0.3) is 5.91 Å². The first-order valence-corrected chi connectivity index (χ1v) is 7.06. The summed E-state index contributed by atoms with van der Waals surface area (Å²) in [5.41, 5.74) is -0.614. The van der Waals surface area contributed by atoms with Crippen LogP contribution in [0.1, 0.15) is 32.5 Å². The van der Waals surface area contributed by atoms with Crippen LogP contribution in [0.3, 0.4) is 0 Å². The van der Waals surface area contributed by atoms with Gasteiger partial charge in [-0.15, -0.1) is 0 Å². The van der Waals surface area contributed by atoms with Gasteiger partial charge in [0.1, 0.15) is 17.1 Å². The van der Waals surface area contributed by atoms with Crippen molar-refractivity contribution in [2.75, 3.05) is 23.4 Å². The number of carbonyl (C=O) groups is 1. The molecule has 2 heterocycles. The largest absolute Gasteiger partial charge is 0.390 e. The molecule has 1 unspecified atom stereocenters. The minimum Gasteiger partial charge on any atom is -0.340 e. The van der Waals surface area contributed by atoms with E-state index in [9.17, 15) is 18.0 Å². The maximum absolute atomic E-state index is 12.6. The fourth-order valence-electron chi connectivity index (χ4n) is 2.64. The SMILES string of the molecule is CCC1(C)C(=O)N(C)c2cnc(C)nc2N1CCC(F)(F)F. The number of anilines is 2. The van der Waals surface area contributed by atoms with Crippen molar-refractivity contribution in [3.8, 4) is 0 Å². The van der Waals surface area contributed by atoms with Crippen molar-refractivity contribution in [1.82, 2.24) is 9.97 Å². The normalized spacial score (nSPS) is 22.0. The van der Waals surface area contributed by atoms with Crippen LogP contribution in [-0.4, -0.2) is 41.2 Å². The number of nitrogens with zero attached hydrogens (tertiary/aromatic N) is 4. The number of likely N-dealkylation sites (N-methyl/N-ethyl adjacent to an activating group) is 1. The molecule has 5 nitrogen and oxygen atoms in total. The van der Waals surface area contributed by atoms with Gasteiger partial charge in [0, 0.05) is 13.6 Å². The molecular formula is C14H19F3N4O. The van der Waals surface area contributed by atoms with E-state index in [1.54, 1.807) is 27.8 Å². The Morgan fingerprint density at radius 2 is 2.00 bits per heavy atom. The second-order valence-corrected chi connectivity index (χ2v) is 5.63. The molecule has 1 aliphatic heterocycles. The summed E-state index contributed by atoms with van der Waals surface area (Å²) in [6.07, 6.45) is -3.42. The maximum Gasteiger partial charge on any atom is 0.390 e. The summed E-state index contributed by atoms with van der Waals surface area (Å²) in [4.78, 5) is 23.8. The average Bonchev–Trinajstić information content (AvgIpc) is 2.43. The van der Waals surface area contributed by atoms with Crippen LogP contribution in [0.25, 0.3) is 0 Å². The number of amides is 1. The van der Waals surface area contributed by atoms with Gasteiger partial charge >= 0.3 is 6.18 Å². The van der Waals surface area contributed by atoms with Crippen LogP contribution in [0.5, 0.6) is 0 Å². The van der Waals surface area contributed by atoms with Crippen molar-refractivity contribution in [2.24, 2.45) is 0 Å². The highest BCUT2D eigenvalue weighted by atomic mass is 19.4. The molecule has 1 aromatic rings. The van der Waals surface area contributed by atoms with E-state index >= 15 is 0 Å². The molecule has 122 valence electrons. The summed E-state index contributed by atoms with van der Waals surface area (Å²) < 4.78 is 37.9. The first kappa shape index (κ1) is 16.5. The fraction of sp³-hybridized carbons (Fsp3) is 0.643. The fourth-order valence-corrected chi connectivity index (χ4v) is 2.64. The molecule has 0 saturated heterocycles. The van der Waals surface area contributed by atoms with Crippen LogP contribution in [0, 0.1) is 6.92 Å². The molecule has 0 N–H and O–H groups in total. The third-order valence-corrected chi connectivity index (χ3v) is 4.16. The maximum atomic E-state index is 12.6. The number of halogens is 3. The molecule has 1 aromatic heterocycles. The minimum atomic E-state index is -4.29. The Bertz CT molecular complexity index is 590. The molecule has 1 amide bonds. The molecule has 0 aromatic carbocycles. The van der Waals surface area contributed by atoms with Crippen molar-refractivity contribution in [3.05, 3.63) is 12.0 Å². The summed E-state index contributed by atoms with van der Waals surface area (Å²) in [5.74, 6) is 0.581. The summed E-state index contributed by atoms with van der Waals surface area (Å²) >= 11 is 0. The number of aryl methyl sites for hydroxylation is 1. The topological polar surface area (TPSA) is 49.3 Å². The Balaban J connectivity index is 2.52. The van der Waals surface area contributed by atoms with Gasteiger partial charge in [-0.3, -0.25) is 4.79 Å². The van der Waals surface area contributed by atoms with Crippen LogP contribution in [0.4, 0.5) is 24.7 Å². The zero-order valence-corrected chi connectivity index (χ0v) is 13.0. The highest BCUT2D eigenvalue weighted by molar-refractivity contribution is 6.06. The van der Waals surface area contributed by atoms with Gasteiger partial charge in [0.2, 0.25) is 0 Å². The molecule has 0 aliphatic carbocycles. The van der Waals surface area contributed by atoms with Gasteiger partial charge in [-0.05, 0) is 20.3 Å².